The average Bonchev–Trinajstić information content (AvgIpc) is 3.28. The Morgan fingerprint density at radius 1 is 1.06 bits per heavy atom. The summed E-state index contributed by atoms with van der Waals surface area (Å²) in [7, 11) is 0. The molecule has 14 heteroatoms. The SMILES string of the molecule is N=C1NC(=O)N(C2CC(O)C(CO)O2)C(C2C=C3N(C4CC(O)C(CO)O4)C(=O)N32)C1N. The molecule has 8 N–H and O–H groups in total. The van der Waals surface area contributed by atoms with Crippen molar-refractivity contribution in [3.8, 4) is 0 Å². The van der Waals surface area contributed by atoms with Gasteiger partial charge in [-0.25, -0.2) is 9.59 Å². The molecule has 0 aromatic rings. The monoisotopic (exact) mass is 454 g/mol. The second-order valence-corrected chi connectivity index (χ2v) is 8.54. The number of fused-ring (bicyclic) bond motifs is 1. The number of nitrogens with two attached hydrogens (primary N) is 1. The first-order chi connectivity index (χ1) is 15.3. The zero-order chi connectivity index (χ0) is 22.9. The van der Waals surface area contributed by atoms with E-state index in [1.807, 2.05) is 0 Å². The van der Waals surface area contributed by atoms with Gasteiger partial charge in [-0.1, -0.05) is 0 Å². The summed E-state index contributed by atoms with van der Waals surface area (Å²) in [5, 5.41) is 49.1. The number of urea groups is 2. The van der Waals surface area contributed by atoms with E-state index in [4.69, 9.17) is 20.6 Å². The molecule has 5 aliphatic heterocycles. The van der Waals surface area contributed by atoms with Crippen LogP contribution in [0.4, 0.5) is 9.59 Å². The number of aliphatic hydroxyl groups excluding tert-OH is 4. The van der Waals surface area contributed by atoms with Crippen LogP contribution in [0, 0.1) is 5.41 Å². The first kappa shape index (κ1) is 21.5. The molecule has 0 bridgehead atoms. The van der Waals surface area contributed by atoms with Crippen LogP contribution in [0.3, 0.4) is 0 Å². The van der Waals surface area contributed by atoms with Crippen LogP contribution in [0.5, 0.6) is 0 Å². The molecule has 0 spiro atoms. The minimum absolute atomic E-state index is 0.0505. The molecule has 9 unspecified atom stereocenters. The Morgan fingerprint density at radius 3 is 2.22 bits per heavy atom. The Bertz CT molecular complexity index is 870. The van der Waals surface area contributed by atoms with Gasteiger partial charge in [-0.15, -0.1) is 0 Å². The molecule has 0 aromatic heterocycles. The van der Waals surface area contributed by atoms with Crippen LogP contribution in [-0.2, 0) is 9.47 Å². The Hall–Kier alpha value is -2.33. The summed E-state index contributed by atoms with van der Waals surface area (Å²) >= 11 is 0. The van der Waals surface area contributed by atoms with Gasteiger partial charge >= 0.3 is 12.1 Å². The van der Waals surface area contributed by atoms with Crippen LogP contribution < -0.4 is 11.1 Å². The topological polar surface area (TPSA) is 205 Å². The fourth-order valence-corrected chi connectivity index (χ4v) is 5.02. The molecule has 0 aromatic carbocycles. The van der Waals surface area contributed by atoms with E-state index in [0.717, 1.165) is 0 Å². The second kappa shape index (κ2) is 7.62. The van der Waals surface area contributed by atoms with Gasteiger partial charge in [0.2, 0.25) is 0 Å². The first-order valence-electron chi connectivity index (χ1n) is 10.4. The number of rotatable bonds is 5. The molecule has 9 atom stereocenters. The number of hydrogen-bond acceptors (Lipinski definition) is 10. The van der Waals surface area contributed by atoms with E-state index in [-0.39, 0.29) is 25.3 Å². The van der Waals surface area contributed by atoms with Crippen LogP contribution in [-0.4, -0.2) is 121 Å². The predicted octanol–water partition coefficient (Wildman–Crippen LogP) is -3.42. The third kappa shape index (κ3) is 2.95. The lowest BCUT2D eigenvalue weighted by Crippen LogP contribution is -2.78. The molecule has 14 nitrogen and oxygen atoms in total. The summed E-state index contributed by atoms with van der Waals surface area (Å²) in [4.78, 5) is 29.7. The van der Waals surface area contributed by atoms with Gasteiger partial charge in [-0.05, 0) is 6.08 Å². The second-order valence-electron chi connectivity index (χ2n) is 8.54. The fraction of sp³-hybridized carbons (Fsp3) is 0.722. The maximum Gasteiger partial charge on any atom is 0.334 e. The van der Waals surface area contributed by atoms with Crippen LogP contribution in [0.1, 0.15) is 12.8 Å². The van der Waals surface area contributed by atoms with Crippen LogP contribution in [0.2, 0.25) is 0 Å². The van der Waals surface area contributed by atoms with Gasteiger partial charge in [-0.3, -0.25) is 25.4 Å². The van der Waals surface area contributed by atoms with Gasteiger partial charge < -0.3 is 35.6 Å². The molecule has 4 saturated heterocycles. The normalized spacial score (nSPS) is 43.7. The highest BCUT2D eigenvalue weighted by Gasteiger charge is 2.61. The highest BCUT2D eigenvalue weighted by Crippen LogP contribution is 2.45. The number of hydrogen-bond donors (Lipinski definition) is 7. The van der Waals surface area contributed by atoms with Crippen LogP contribution >= 0.6 is 0 Å². The standard InChI is InChI=1S/C18H26N6O8/c19-14-15(24(17(29)21-16(14)20)13-3-8(28)10(5-26)32-13)6-1-11-22(6)18(30)23(11)12-2-7(27)9(4-25)31-12/h1,6-10,12-15,25-28H,2-5,19H2,(H2,20,21,29). The summed E-state index contributed by atoms with van der Waals surface area (Å²) in [6, 6.07) is -3.47. The number of aliphatic hydroxyl groups is 4. The van der Waals surface area contributed by atoms with E-state index in [2.05, 4.69) is 5.32 Å². The number of carbonyl (C=O) groups is 2. The lowest BCUT2D eigenvalue weighted by molar-refractivity contribution is -0.105. The molecular weight excluding hydrogens is 428 g/mol. The maximum absolute atomic E-state index is 12.9. The van der Waals surface area contributed by atoms with E-state index in [1.54, 1.807) is 6.08 Å². The zero-order valence-electron chi connectivity index (χ0n) is 16.9. The fourth-order valence-electron chi connectivity index (χ4n) is 5.02. The van der Waals surface area contributed by atoms with Crippen LogP contribution in [0.15, 0.2) is 11.9 Å². The first-order valence-corrected chi connectivity index (χ1v) is 10.4. The van der Waals surface area contributed by atoms with Crippen molar-refractivity contribution >= 4 is 17.9 Å². The number of amides is 4. The van der Waals surface area contributed by atoms with E-state index >= 15 is 0 Å². The lowest BCUT2D eigenvalue weighted by Gasteiger charge is -2.59. The van der Waals surface area contributed by atoms with E-state index in [1.165, 1.54) is 14.7 Å². The highest BCUT2D eigenvalue weighted by atomic mass is 16.6. The molecule has 5 rings (SSSR count). The predicted molar refractivity (Wildman–Crippen MR) is 104 cm³/mol. The summed E-state index contributed by atoms with van der Waals surface area (Å²) in [6.45, 7) is -0.787. The van der Waals surface area contributed by atoms with Gasteiger partial charge in [0.15, 0.2) is 0 Å². The third-order valence-electron chi connectivity index (χ3n) is 6.74. The Labute approximate surface area is 182 Å². The van der Waals surface area contributed by atoms with Crippen molar-refractivity contribution in [3.63, 3.8) is 0 Å². The molecule has 4 amide bonds. The van der Waals surface area contributed by atoms with E-state index in [0.29, 0.717) is 5.82 Å². The molecule has 0 saturated carbocycles. The lowest BCUT2D eigenvalue weighted by atomic mass is 9.88. The zero-order valence-corrected chi connectivity index (χ0v) is 16.9. The largest absolute Gasteiger partial charge is 0.394 e. The average molecular weight is 454 g/mol. The van der Waals surface area contributed by atoms with Crippen molar-refractivity contribution in [2.45, 2.75) is 67.8 Å². The van der Waals surface area contributed by atoms with Crippen molar-refractivity contribution in [3.05, 3.63) is 11.9 Å². The molecule has 176 valence electrons. The Balaban J connectivity index is 1.38. The van der Waals surface area contributed by atoms with Crippen molar-refractivity contribution in [1.29, 1.82) is 5.41 Å². The summed E-state index contributed by atoms with van der Waals surface area (Å²) in [5.74, 6) is 0.328. The van der Waals surface area contributed by atoms with Crippen LogP contribution in [0.25, 0.3) is 0 Å². The molecule has 0 aliphatic carbocycles. The van der Waals surface area contributed by atoms with E-state index in [9.17, 15) is 30.0 Å². The van der Waals surface area contributed by atoms with Crippen molar-refractivity contribution < 1.29 is 39.5 Å². The quantitative estimate of drug-likeness (QED) is 0.220. The maximum atomic E-state index is 12.9. The molecular formula is C18H26N6O8. The van der Waals surface area contributed by atoms with Crippen molar-refractivity contribution in [2.75, 3.05) is 13.2 Å². The van der Waals surface area contributed by atoms with Crippen molar-refractivity contribution in [1.82, 2.24) is 20.0 Å². The van der Waals surface area contributed by atoms with Gasteiger partial charge in [0, 0.05) is 12.8 Å². The van der Waals surface area contributed by atoms with Gasteiger partial charge in [0.25, 0.3) is 0 Å². The minimum atomic E-state index is -0.977. The molecule has 0 radical (unpaired) electrons. The molecule has 4 fully saturated rings. The van der Waals surface area contributed by atoms with Gasteiger partial charge in [0.05, 0.1) is 43.5 Å². The molecule has 32 heavy (non-hydrogen) atoms. The van der Waals surface area contributed by atoms with E-state index < -0.39 is 73.7 Å². The Kier molecular flexibility index (Phi) is 5.12. The third-order valence-corrected chi connectivity index (χ3v) is 6.74. The number of carbonyl (C=O) groups excluding carboxylic acids is 2. The highest BCUT2D eigenvalue weighted by molar-refractivity contribution is 6.02. The molecule has 5 heterocycles. The Morgan fingerprint density at radius 2 is 1.66 bits per heavy atom. The summed E-state index contributed by atoms with van der Waals surface area (Å²) in [6.07, 6.45) is -3.16. The van der Waals surface area contributed by atoms with Gasteiger partial charge in [0.1, 0.15) is 36.3 Å². The van der Waals surface area contributed by atoms with Crippen molar-refractivity contribution in [2.24, 2.45) is 5.73 Å². The number of amidine groups is 1. The molecule has 5 aliphatic rings. The number of nitrogens with zero attached hydrogens (tertiary/aromatic N) is 3. The summed E-state index contributed by atoms with van der Waals surface area (Å²) in [5.41, 5.74) is 6.23. The minimum Gasteiger partial charge on any atom is -0.394 e. The smallest absolute Gasteiger partial charge is 0.334 e. The van der Waals surface area contributed by atoms with Gasteiger partial charge in [-0.2, -0.15) is 0 Å². The summed E-state index contributed by atoms with van der Waals surface area (Å²) < 4.78 is 11.2. The number of ether oxygens (including phenoxy) is 2. The number of nitrogens with one attached hydrogen (secondary N) is 2.